The average Bonchev–Trinajstić information content (AvgIpc) is 2.72. The summed E-state index contributed by atoms with van der Waals surface area (Å²) in [5.74, 6) is 0.360. The van der Waals surface area contributed by atoms with Gasteiger partial charge in [-0.05, 0) is 76.9 Å². The molecule has 32 heavy (non-hydrogen) atoms. The number of benzene rings is 2. The molecule has 1 aliphatic rings. The summed E-state index contributed by atoms with van der Waals surface area (Å²) < 4.78 is 0. The van der Waals surface area contributed by atoms with E-state index in [2.05, 4.69) is 20.6 Å². The number of nitrogens with one attached hydrogen (secondary N) is 2. The van der Waals surface area contributed by atoms with Gasteiger partial charge in [0, 0.05) is 38.8 Å². The van der Waals surface area contributed by atoms with Gasteiger partial charge >= 0.3 is 0 Å². The number of fused-ring (bicyclic) bond motifs is 1. The van der Waals surface area contributed by atoms with E-state index in [1.165, 1.54) is 11.4 Å². The van der Waals surface area contributed by atoms with Gasteiger partial charge in [0.2, 0.25) is 5.91 Å². The maximum absolute atomic E-state index is 13.1. The van der Waals surface area contributed by atoms with Crippen LogP contribution in [0.4, 0.5) is 17.2 Å². The van der Waals surface area contributed by atoms with Crippen molar-refractivity contribution in [2.45, 2.75) is 51.6 Å². The number of hydroxylamine groups is 2. The lowest BCUT2D eigenvalue weighted by Gasteiger charge is -2.51. The minimum atomic E-state index is -0.491. The minimum Gasteiger partial charge on any atom is -0.340 e. The molecular formula is C24H28ClN5O2. The van der Waals surface area contributed by atoms with Crippen molar-refractivity contribution in [3.8, 4) is 0 Å². The van der Waals surface area contributed by atoms with Gasteiger partial charge in [0.25, 0.3) is 0 Å². The standard InChI is InChI=1S/C24H28ClN5O2/c1-23(2)12-15(13-24(3,4)30(23)32)22(31)29-18-8-9-20-19(11-18)21(27-14-26-20)28-17-7-5-6-16(25)10-17/h5-11,14-15,32H,12-13H2,1-4H3,(H,29,31)(H,26,27,28). The number of hydrogen-bond acceptors (Lipinski definition) is 6. The van der Waals surface area contributed by atoms with E-state index >= 15 is 0 Å². The van der Waals surface area contributed by atoms with Crippen LogP contribution in [0.1, 0.15) is 40.5 Å². The van der Waals surface area contributed by atoms with Gasteiger partial charge in [0.15, 0.2) is 0 Å². The quantitative estimate of drug-likeness (QED) is 0.474. The Labute approximate surface area is 192 Å². The summed E-state index contributed by atoms with van der Waals surface area (Å²) in [4.78, 5) is 21.8. The highest BCUT2D eigenvalue weighted by atomic mass is 35.5. The molecule has 4 rings (SSSR count). The Balaban J connectivity index is 1.58. The van der Waals surface area contributed by atoms with Crippen molar-refractivity contribution in [2.24, 2.45) is 5.92 Å². The second-order valence-corrected chi connectivity index (χ2v) is 10.1. The number of nitrogens with zero attached hydrogens (tertiary/aromatic N) is 3. The molecular weight excluding hydrogens is 426 g/mol. The molecule has 1 fully saturated rings. The number of hydrogen-bond donors (Lipinski definition) is 3. The molecule has 1 aliphatic heterocycles. The van der Waals surface area contributed by atoms with Gasteiger partial charge in [-0.2, -0.15) is 5.06 Å². The van der Waals surface area contributed by atoms with Crippen LogP contribution < -0.4 is 10.6 Å². The molecule has 7 nitrogen and oxygen atoms in total. The van der Waals surface area contributed by atoms with Crippen molar-refractivity contribution in [1.29, 1.82) is 0 Å². The lowest BCUT2D eigenvalue weighted by Crippen LogP contribution is -2.60. The third kappa shape index (κ3) is 4.55. The SMILES string of the molecule is CC1(C)CC(C(=O)Nc2ccc3ncnc(Nc4cccc(Cl)c4)c3c2)CC(C)(C)N1O. The summed E-state index contributed by atoms with van der Waals surface area (Å²) in [6.45, 7) is 7.81. The van der Waals surface area contributed by atoms with E-state index in [0.29, 0.717) is 29.4 Å². The number of rotatable bonds is 4. The summed E-state index contributed by atoms with van der Waals surface area (Å²) in [5.41, 5.74) is 1.27. The Kier molecular flexibility index (Phi) is 5.83. The highest BCUT2D eigenvalue weighted by Crippen LogP contribution is 2.40. The molecule has 0 unspecified atom stereocenters. The summed E-state index contributed by atoms with van der Waals surface area (Å²) >= 11 is 6.10. The zero-order valence-corrected chi connectivity index (χ0v) is 19.4. The number of aromatic nitrogens is 2. The Bertz CT molecular complexity index is 1150. The molecule has 3 N–H and O–H groups in total. The Morgan fingerprint density at radius 1 is 1.06 bits per heavy atom. The molecule has 0 bridgehead atoms. The van der Waals surface area contributed by atoms with Crippen LogP contribution in [0.5, 0.6) is 0 Å². The van der Waals surface area contributed by atoms with E-state index in [-0.39, 0.29) is 11.8 Å². The van der Waals surface area contributed by atoms with Gasteiger partial charge in [-0.25, -0.2) is 9.97 Å². The largest absolute Gasteiger partial charge is 0.340 e. The van der Waals surface area contributed by atoms with Gasteiger partial charge < -0.3 is 15.8 Å². The smallest absolute Gasteiger partial charge is 0.227 e. The molecule has 0 atom stereocenters. The summed E-state index contributed by atoms with van der Waals surface area (Å²) in [6, 6.07) is 13.0. The van der Waals surface area contributed by atoms with Crippen LogP contribution in [0.15, 0.2) is 48.8 Å². The van der Waals surface area contributed by atoms with Crippen LogP contribution in [0.25, 0.3) is 10.9 Å². The first-order valence-corrected chi connectivity index (χ1v) is 11.0. The number of piperidine rings is 1. The average molecular weight is 454 g/mol. The Morgan fingerprint density at radius 3 is 2.47 bits per heavy atom. The number of amides is 1. The second-order valence-electron chi connectivity index (χ2n) is 9.62. The molecule has 0 saturated carbocycles. The van der Waals surface area contributed by atoms with Crippen LogP contribution in [0.2, 0.25) is 5.02 Å². The van der Waals surface area contributed by atoms with Crippen molar-refractivity contribution in [3.63, 3.8) is 0 Å². The van der Waals surface area contributed by atoms with Crippen LogP contribution in [0, 0.1) is 5.92 Å². The monoisotopic (exact) mass is 453 g/mol. The molecule has 168 valence electrons. The zero-order valence-electron chi connectivity index (χ0n) is 18.7. The predicted molar refractivity (Wildman–Crippen MR) is 127 cm³/mol. The van der Waals surface area contributed by atoms with Crippen molar-refractivity contribution >= 4 is 45.6 Å². The molecule has 1 aromatic heterocycles. The van der Waals surface area contributed by atoms with Crippen LogP contribution in [-0.4, -0.2) is 37.2 Å². The molecule has 0 radical (unpaired) electrons. The van der Waals surface area contributed by atoms with Crippen molar-refractivity contribution in [2.75, 3.05) is 10.6 Å². The highest BCUT2D eigenvalue weighted by Gasteiger charge is 2.47. The fraction of sp³-hybridized carbons (Fsp3) is 0.375. The number of carbonyl (C=O) groups is 1. The molecule has 1 amide bonds. The fourth-order valence-corrected chi connectivity index (χ4v) is 4.83. The minimum absolute atomic E-state index is 0.0557. The van der Waals surface area contributed by atoms with Gasteiger partial charge in [0.1, 0.15) is 12.1 Å². The van der Waals surface area contributed by atoms with E-state index in [9.17, 15) is 10.0 Å². The predicted octanol–water partition coefficient (Wildman–Crippen LogP) is 5.62. The second kappa shape index (κ2) is 8.31. The maximum Gasteiger partial charge on any atom is 0.227 e. The lowest BCUT2D eigenvalue weighted by molar-refractivity contribution is -0.249. The Hall–Kier alpha value is -2.74. The Morgan fingerprint density at radius 2 is 1.78 bits per heavy atom. The molecule has 1 saturated heterocycles. The molecule has 2 aromatic carbocycles. The van der Waals surface area contributed by atoms with Crippen molar-refractivity contribution in [3.05, 3.63) is 53.8 Å². The number of halogens is 1. The highest BCUT2D eigenvalue weighted by molar-refractivity contribution is 6.30. The number of carbonyl (C=O) groups excluding carboxylic acids is 1. The molecule has 0 spiro atoms. The van der Waals surface area contributed by atoms with E-state index in [1.807, 2.05) is 70.2 Å². The van der Waals surface area contributed by atoms with Crippen LogP contribution in [-0.2, 0) is 4.79 Å². The summed E-state index contributed by atoms with van der Waals surface area (Å²) in [7, 11) is 0. The molecule has 0 aliphatic carbocycles. The molecule has 8 heteroatoms. The van der Waals surface area contributed by atoms with Crippen LogP contribution >= 0.6 is 11.6 Å². The van der Waals surface area contributed by atoms with E-state index < -0.39 is 11.1 Å². The normalized spacial score (nSPS) is 18.4. The van der Waals surface area contributed by atoms with Gasteiger partial charge in [-0.1, -0.05) is 17.7 Å². The maximum atomic E-state index is 13.1. The third-order valence-corrected chi connectivity index (χ3v) is 6.23. The van der Waals surface area contributed by atoms with E-state index in [4.69, 9.17) is 11.6 Å². The summed E-state index contributed by atoms with van der Waals surface area (Å²) in [5, 5.41) is 19.6. The number of anilines is 3. The first kappa shape index (κ1) is 22.5. The molecule has 3 aromatic rings. The molecule has 2 heterocycles. The van der Waals surface area contributed by atoms with Gasteiger partial charge in [-0.3, -0.25) is 4.79 Å². The van der Waals surface area contributed by atoms with E-state index in [0.717, 1.165) is 16.6 Å². The van der Waals surface area contributed by atoms with Gasteiger partial charge in [0.05, 0.1) is 5.52 Å². The lowest BCUT2D eigenvalue weighted by atomic mass is 9.75. The fourth-order valence-electron chi connectivity index (χ4n) is 4.64. The van der Waals surface area contributed by atoms with Crippen molar-refractivity contribution in [1.82, 2.24) is 15.0 Å². The first-order valence-electron chi connectivity index (χ1n) is 10.6. The van der Waals surface area contributed by atoms with Crippen LogP contribution in [0.3, 0.4) is 0 Å². The summed E-state index contributed by atoms with van der Waals surface area (Å²) in [6.07, 6.45) is 2.63. The van der Waals surface area contributed by atoms with E-state index in [1.54, 1.807) is 0 Å². The third-order valence-electron chi connectivity index (χ3n) is 6.00. The van der Waals surface area contributed by atoms with Gasteiger partial charge in [-0.15, -0.1) is 0 Å². The zero-order chi connectivity index (χ0) is 23.1. The topological polar surface area (TPSA) is 90.4 Å². The first-order chi connectivity index (χ1) is 15.0. The van der Waals surface area contributed by atoms with Crippen molar-refractivity contribution < 1.29 is 10.0 Å².